The second-order valence-corrected chi connectivity index (χ2v) is 6.09. The van der Waals surface area contributed by atoms with Crippen LogP contribution in [0.1, 0.15) is 34.8 Å². The van der Waals surface area contributed by atoms with Crippen molar-refractivity contribution in [2.45, 2.75) is 19.9 Å². The molecule has 7 heteroatoms. The number of methoxy groups -OCH3 is 2. The number of nitrogens with zero attached hydrogens (tertiary/aromatic N) is 2. The smallest absolute Gasteiger partial charge is 0.252 e. The summed E-state index contributed by atoms with van der Waals surface area (Å²) in [5.41, 5.74) is 2.45. The summed E-state index contributed by atoms with van der Waals surface area (Å²) < 4.78 is 15.7. The molecule has 0 fully saturated rings. The fourth-order valence-electron chi connectivity index (χ4n) is 2.55. The van der Waals surface area contributed by atoms with E-state index in [1.807, 2.05) is 31.2 Å². The van der Waals surface area contributed by atoms with Crippen LogP contribution in [0.3, 0.4) is 0 Å². The van der Waals surface area contributed by atoms with Gasteiger partial charge in [-0.1, -0.05) is 35.0 Å². The predicted octanol–water partition coefficient (Wildman–Crippen LogP) is 3.55. The molecule has 0 saturated carbocycles. The molecule has 1 amide bonds. The molecule has 140 valence electrons. The quantitative estimate of drug-likeness (QED) is 0.717. The zero-order valence-corrected chi connectivity index (χ0v) is 15.6. The van der Waals surface area contributed by atoms with Gasteiger partial charge in [0.1, 0.15) is 6.04 Å². The number of rotatable bonds is 6. The van der Waals surface area contributed by atoms with Crippen molar-refractivity contribution in [2.24, 2.45) is 0 Å². The Bertz CT molecular complexity index is 935. The highest BCUT2D eigenvalue weighted by Gasteiger charge is 2.19. The van der Waals surface area contributed by atoms with Crippen LogP contribution in [0.2, 0.25) is 0 Å². The predicted molar refractivity (Wildman–Crippen MR) is 99.9 cm³/mol. The van der Waals surface area contributed by atoms with Crippen LogP contribution in [0.5, 0.6) is 11.5 Å². The van der Waals surface area contributed by atoms with Gasteiger partial charge < -0.3 is 19.3 Å². The van der Waals surface area contributed by atoms with E-state index < -0.39 is 6.04 Å². The van der Waals surface area contributed by atoms with Gasteiger partial charge in [0.15, 0.2) is 11.5 Å². The third-order valence-electron chi connectivity index (χ3n) is 4.12. The van der Waals surface area contributed by atoms with Crippen LogP contribution < -0.4 is 14.8 Å². The number of ether oxygens (including phenoxy) is 2. The van der Waals surface area contributed by atoms with E-state index in [4.69, 9.17) is 14.0 Å². The van der Waals surface area contributed by atoms with Crippen molar-refractivity contribution in [1.29, 1.82) is 0 Å². The molecule has 0 aliphatic rings. The number of carbonyl (C=O) groups excluding carboxylic acids is 1. The van der Waals surface area contributed by atoms with Gasteiger partial charge in [-0.05, 0) is 32.0 Å². The monoisotopic (exact) mass is 367 g/mol. The number of amides is 1. The number of carbonyl (C=O) groups is 1. The van der Waals surface area contributed by atoms with Gasteiger partial charge in [0.05, 0.1) is 14.2 Å². The molecule has 7 nitrogen and oxygen atoms in total. The summed E-state index contributed by atoms with van der Waals surface area (Å²) in [7, 11) is 3.06. The molecule has 0 radical (unpaired) electrons. The van der Waals surface area contributed by atoms with E-state index in [1.54, 1.807) is 32.2 Å². The second kappa shape index (κ2) is 7.90. The van der Waals surface area contributed by atoms with Crippen molar-refractivity contribution in [1.82, 2.24) is 15.5 Å². The highest BCUT2D eigenvalue weighted by molar-refractivity contribution is 5.95. The topological polar surface area (TPSA) is 86.5 Å². The minimum atomic E-state index is -0.447. The van der Waals surface area contributed by atoms with Crippen LogP contribution in [0.4, 0.5) is 0 Å². The Morgan fingerprint density at radius 2 is 1.78 bits per heavy atom. The fraction of sp³-hybridized carbons (Fsp3) is 0.250. The van der Waals surface area contributed by atoms with Crippen molar-refractivity contribution >= 4 is 5.91 Å². The van der Waals surface area contributed by atoms with Gasteiger partial charge in [-0.25, -0.2) is 0 Å². The van der Waals surface area contributed by atoms with Crippen molar-refractivity contribution in [2.75, 3.05) is 14.2 Å². The summed E-state index contributed by atoms with van der Waals surface area (Å²) in [5, 5.41) is 6.84. The molecule has 0 aliphatic carbocycles. The lowest BCUT2D eigenvalue weighted by molar-refractivity contribution is 0.0932. The van der Waals surface area contributed by atoms with Gasteiger partial charge in [-0.15, -0.1) is 0 Å². The molecule has 3 aromatic rings. The average Bonchev–Trinajstić information content (AvgIpc) is 3.18. The van der Waals surface area contributed by atoms with Crippen LogP contribution in [0, 0.1) is 6.92 Å². The first-order valence-electron chi connectivity index (χ1n) is 8.45. The first-order valence-corrected chi connectivity index (χ1v) is 8.45. The van der Waals surface area contributed by atoms with Gasteiger partial charge in [0, 0.05) is 11.1 Å². The number of nitrogens with one attached hydrogen (secondary N) is 1. The highest BCUT2D eigenvalue weighted by Crippen LogP contribution is 2.28. The Hall–Kier alpha value is -3.35. The average molecular weight is 367 g/mol. The summed E-state index contributed by atoms with van der Waals surface area (Å²) in [6, 6.07) is 12.3. The molecule has 0 bridgehead atoms. The van der Waals surface area contributed by atoms with Crippen LogP contribution in [-0.4, -0.2) is 30.3 Å². The summed E-state index contributed by atoms with van der Waals surface area (Å²) in [6.45, 7) is 3.79. The molecule has 0 saturated heterocycles. The lowest BCUT2D eigenvalue weighted by Crippen LogP contribution is -2.26. The molecule has 0 unspecified atom stereocenters. The molecule has 1 atom stereocenters. The summed E-state index contributed by atoms with van der Waals surface area (Å²) in [4.78, 5) is 16.9. The van der Waals surface area contributed by atoms with Crippen LogP contribution in [0.15, 0.2) is 47.0 Å². The molecule has 2 aromatic carbocycles. The van der Waals surface area contributed by atoms with Crippen molar-refractivity contribution in [3.05, 3.63) is 59.5 Å². The second-order valence-electron chi connectivity index (χ2n) is 6.09. The van der Waals surface area contributed by atoms with Gasteiger partial charge in [0.25, 0.3) is 5.91 Å². The number of hydrogen-bond donors (Lipinski definition) is 1. The third-order valence-corrected chi connectivity index (χ3v) is 4.12. The van der Waals surface area contributed by atoms with Crippen molar-refractivity contribution in [3.63, 3.8) is 0 Å². The zero-order chi connectivity index (χ0) is 19.4. The maximum atomic E-state index is 12.5. The molecular formula is C20H21N3O4. The molecular weight excluding hydrogens is 346 g/mol. The van der Waals surface area contributed by atoms with E-state index in [2.05, 4.69) is 15.5 Å². The molecule has 27 heavy (non-hydrogen) atoms. The number of hydrogen-bond acceptors (Lipinski definition) is 6. The Morgan fingerprint density at radius 1 is 1.07 bits per heavy atom. The Kier molecular flexibility index (Phi) is 5.40. The van der Waals surface area contributed by atoms with Crippen LogP contribution in [-0.2, 0) is 0 Å². The first kappa shape index (κ1) is 18.4. The van der Waals surface area contributed by atoms with Crippen molar-refractivity contribution < 1.29 is 18.8 Å². The first-order chi connectivity index (χ1) is 13.0. The Labute approximate surface area is 157 Å². The maximum Gasteiger partial charge on any atom is 0.252 e. The molecule has 0 aliphatic heterocycles. The van der Waals surface area contributed by atoms with Gasteiger partial charge >= 0.3 is 0 Å². The molecule has 3 rings (SSSR count). The van der Waals surface area contributed by atoms with Crippen molar-refractivity contribution in [3.8, 4) is 22.9 Å². The Morgan fingerprint density at radius 3 is 2.44 bits per heavy atom. The van der Waals surface area contributed by atoms with Gasteiger partial charge in [0.2, 0.25) is 11.7 Å². The normalized spacial score (nSPS) is 11.7. The number of aromatic nitrogens is 2. The number of aryl methyl sites for hydroxylation is 1. The van der Waals surface area contributed by atoms with E-state index in [0.29, 0.717) is 28.8 Å². The highest BCUT2D eigenvalue weighted by atomic mass is 16.5. The summed E-state index contributed by atoms with van der Waals surface area (Å²) in [6.07, 6.45) is 0. The van der Waals surface area contributed by atoms with E-state index in [-0.39, 0.29) is 5.91 Å². The molecule has 1 N–H and O–H groups in total. The Balaban J connectivity index is 1.72. The van der Waals surface area contributed by atoms with E-state index in [9.17, 15) is 4.79 Å². The lowest BCUT2D eigenvalue weighted by atomic mass is 10.1. The molecule has 1 heterocycles. The molecule has 1 aromatic heterocycles. The lowest BCUT2D eigenvalue weighted by Gasteiger charge is -2.12. The third kappa shape index (κ3) is 4.08. The largest absolute Gasteiger partial charge is 0.493 e. The van der Waals surface area contributed by atoms with E-state index in [1.165, 1.54) is 7.11 Å². The fourth-order valence-corrected chi connectivity index (χ4v) is 2.55. The van der Waals surface area contributed by atoms with Gasteiger partial charge in [-0.2, -0.15) is 4.98 Å². The summed E-state index contributed by atoms with van der Waals surface area (Å²) in [5.74, 6) is 1.58. The minimum absolute atomic E-state index is 0.279. The van der Waals surface area contributed by atoms with Crippen LogP contribution in [0.25, 0.3) is 11.4 Å². The SMILES string of the molecule is COc1ccc(C(=O)N[C@@H](C)c2nc(-c3ccc(C)cc3)no2)cc1OC. The van der Waals surface area contributed by atoms with E-state index >= 15 is 0 Å². The standard InChI is InChI=1S/C20H21N3O4/c1-12-5-7-14(8-6-12)18-22-20(27-23-18)13(2)21-19(24)15-9-10-16(25-3)17(11-15)26-4/h5-11,13H,1-4H3,(H,21,24)/t13-/m0/s1. The summed E-state index contributed by atoms with van der Waals surface area (Å²) >= 11 is 0. The van der Waals surface area contributed by atoms with Gasteiger partial charge in [-0.3, -0.25) is 4.79 Å². The van der Waals surface area contributed by atoms with Crippen LogP contribution >= 0.6 is 0 Å². The minimum Gasteiger partial charge on any atom is -0.493 e. The molecule has 0 spiro atoms. The van der Waals surface area contributed by atoms with E-state index in [0.717, 1.165) is 11.1 Å². The maximum absolute atomic E-state index is 12.5. The zero-order valence-electron chi connectivity index (χ0n) is 15.6. The number of benzene rings is 2.